The quantitative estimate of drug-likeness (QED) is 0.877. The van der Waals surface area contributed by atoms with E-state index in [-0.39, 0.29) is 12.1 Å². The van der Waals surface area contributed by atoms with Crippen LogP contribution in [0.15, 0.2) is 24.3 Å². The molecule has 1 aliphatic heterocycles. The number of aromatic nitrogens is 2. The first-order valence-corrected chi connectivity index (χ1v) is 8.79. The van der Waals surface area contributed by atoms with E-state index in [1.54, 1.807) is 0 Å². The number of aryl methyl sites for hydroxylation is 2. The molecule has 1 aromatic heterocycles. The van der Waals surface area contributed by atoms with Gasteiger partial charge in [-0.3, -0.25) is 4.68 Å². The van der Waals surface area contributed by atoms with Crippen molar-refractivity contribution in [1.29, 1.82) is 0 Å². The van der Waals surface area contributed by atoms with Crippen molar-refractivity contribution in [3.05, 3.63) is 46.8 Å². The number of anilines is 1. The van der Waals surface area contributed by atoms with Crippen LogP contribution in [0.4, 0.5) is 10.5 Å². The highest BCUT2D eigenvalue weighted by Crippen LogP contribution is 2.21. The molecule has 6 heteroatoms. The minimum Gasteiger partial charge on any atom is -0.376 e. The summed E-state index contributed by atoms with van der Waals surface area (Å²) in [4.78, 5) is 12.2. The van der Waals surface area contributed by atoms with Crippen LogP contribution in [-0.2, 0) is 11.3 Å². The second-order valence-electron chi connectivity index (χ2n) is 6.60. The summed E-state index contributed by atoms with van der Waals surface area (Å²) in [6, 6.07) is 8.06. The Morgan fingerprint density at radius 1 is 1.32 bits per heavy atom. The number of benzene rings is 1. The van der Waals surface area contributed by atoms with Gasteiger partial charge in [-0.1, -0.05) is 24.3 Å². The van der Waals surface area contributed by atoms with E-state index in [1.165, 1.54) is 11.1 Å². The molecular weight excluding hydrogens is 316 g/mol. The lowest BCUT2D eigenvalue weighted by Gasteiger charge is -2.12. The standard InChI is InChI=1S/C19H26N4O2/c1-13-7-4-5-8-16(13)12-23-15(3)18(14(2)22-23)21-19(24)20-11-17-9-6-10-25-17/h4-5,7-8,17H,6,9-12H2,1-3H3,(H2,20,21,24)/t17-/m1/s1. The molecule has 1 aromatic carbocycles. The van der Waals surface area contributed by atoms with Crippen LogP contribution < -0.4 is 10.6 Å². The molecule has 0 bridgehead atoms. The maximum atomic E-state index is 12.2. The topological polar surface area (TPSA) is 68.2 Å². The number of urea groups is 1. The van der Waals surface area contributed by atoms with Crippen LogP contribution in [0.3, 0.4) is 0 Å². The summed E-state index contributed by atoms with van der Waals surface area (Å²) < 4.78 is 7.46. The van der Waals surface area contributed by atoms with Crippen molar-refractivity contribution in [3.63, 3.8) is 0 Å². The maximum absolute atomic E-state index is 12.2. The Morgan fingerprint density at radius 2 is 2.12 bits per heavy atom. The largest absolute Gasteiger partial charge is 0.376 e. The number of carbonyl (C=O) groups excluding carboxylic acids is 1. The number of nitrogens with one attached hydrogen (secondary N) is 2. The summed E-state index contributed by atoms with van der Waals surface area (Å²) in [6.45, 7) is 8.02. The summed E-state index contributed by atoms with van der Waals surface area (Å²) in [5.41, 5.74) is 5.01. The average molecular weight is 342 g/mol. The highest BCUT2D eigenvalue weighted by Gasteiger charge is 2.18. The van der Waals surface area contributed by atoms with Crippen LogP contribution in [0.2, 0.25) is 0 Å². The second kappa shape index (κ2) is 7.70. The molecule has 1 atom stereocenters. The molecule has 6 nitrogen and oxygen atoms in total. The molecule has 2 heterocycles. The first-order chi connectivity index (χ1) is 12.0. The van der Waals surface area contributed by atoms with Gasteiger partial charge in [0, 0.05) is 13.2 Å². The molecule has 1 saturated heterocycles. The molecule has 2 aromatic rings. The van der Waals surface area contributed by atoms with Crippen LogP contribution in [-0.4, -0.2) is 35.1 Å². The maximum Gasteiger partial charge on any atom is 0.319 e. The van der Waals surface area contributed by atoms with Gasteiger partial charge in [-0.05, 0) is 44.7 Å². The molecule has 3 rings (SSSR count). The second-order valence-corrected chi connectivity index (χ2v) is 6.60. The van der Waals surface area contributed by atoms with Gasteiger partial charge in [0.15, 0.2) is 0 Å². The highest BCUT2D eigenvalue weighted by atomic mass is 16.5. The fraction of sp³-hybridized carbons (Fsp3) is 0.474. The fourth-order valence-electron chi connectivity index (χ4n) is 3.15. The Bertz CT molecular complexity index is 748. The Morgan fingerprint density at radius 3 is 2.84 bits per heavy atom. The van der Waals surface area contributed by atoms with Gasteiger partial charge in [0.05, 0.1) is 29.7 Å². The van der Waals surface area contributed by atoms with Crippen LogP contribution in [0, 0.1) is 20.8 Å². The van der Waals surface area contributed by atoms with Gasteiger partial charge in [-0.15, -0.1) is 0 Å². The summed E-state index contributed by atoms with van der Waals surface area (Å²) >= 11 is 0. The fourth-order valence-corrected chi connectivity index (χ4v) is 3.15. The molecule has 1 aliphatic rings. The van der Waals surface area contributed by atoms with E-state index in [4.69, 9.17) is 4.74 Å². The number of carbonyl (C=O) groups is 1. The van der Waals surface area contributed by atoms with Gasteiger partial charge in [0.25, 0.3) is 0 Å². The van der Waals surface area contributed by atoms with Crippen molar-refractivity contribution < 1.29 is 9.53 Å². The molecule has 0 unspecified atom stereocenters. The minimum atomic E-state index is -0.211. The summed E-state index contributed by atoms with van der Waals surface area (Å²) in [5, 5.41) is 10.4. The van der Waals surface area contributed by atoms with Crippen LogP contribution in [0.1, 0.15) is 35.4 Å². The molecule has 134 valence electrons. The van der Waals surface area contributed by atoms with Crippen LogP contribution in [0.25, 0.3) is 0 Å². The van der Waals surface area contributed by atoms with Gasteiger partial charge >= 0.3 is 6.03 Å². The highest BCUT2D eigenvalue weighted by molar-refractivity contribution is 5.90. The first-order valence-electron chi connectivity index (χ1n) is 8.79. The minimum absolute atomic E-state index is 0.136. The van der Waals surface area contributed by atoms with Gasteiger partial charge in [-0.25, -0.2) is 4.79 Å². The molecular formula is C19H26N4O2. The van der Waals surface area contributed by atoms with E-state index in [9.17, 15) is 4.79 Å². The summed E-state index contributed by atoms with van der Waals surface area (Å²) in [7, 11) is 0. The number of hydrogen-bond acceptors (Lipinski definition) is 3. The lowest BCUT2D eigenvalue weighted by molar-refractivity contribution is 0.112. The van der Waals surface area contributed by atoms with Crippen molar-refractivity contribution in [1.82, 2.24) is 15.1 Å². The van der Waals surface area contributed by atoms with Crippen molar-refractivity contribution >= 4 is 11.7 Å². The molecule has 0 aliphatic carbocycles. The smallest absolute Gasteiger partial charge is 0.319 e. The number of rotatable bonds is 5. The predicted molar refractivity (Wildman–Crippen MR) is 98.0 cm³/mol. The molecule has 0 spiro atoms. The molecule has 25 heavy (non-hydrogen) atoms. The zero-order chi connectivity index (χ0) is 17.8. The van der Waals surface area contributed by atoms with Crippen LogP contribution in [0.5, 0.6) is 0 Å². The Labute approximate surface area is 148 Å². The SMILES string of the molecule is Cc1ccccc1Cn1nc(C)c(NC(=O)NC[C@H]2CCCO2)c1C. The molecule has 0 radical (unpaired) electrons. The van der Waals surface area contributed by atoms with Crippen molar-refractivity contribution in [2.45, 2.75) is 46.3 Å². The number of amides is 2. The van der Waals surface area contributed by atoms with Crippen molar-refractivity contribution in [2.75, 3.05) is 18.5 Å². The zero-order valence-corrected chi connectivity index (χ0v) is 15.1. The lowest BCUT2D eigenvalue weighted by Crippen LogP contribution is -2.35. The first kappa shape index (κ1) is 17.5. The third kappa shape index (κ3) is 4.20. The lowest BCUT2D eigenvalue weighted by atomic mass is 10.1. The van der Waals surface area contributed by atoms with E-state index in [2.05, 4.69) is 34.8 Å². The van der Waals surface area contributed by atoms with E-state index in [1.807, 2.05) is 30.7 Å². The number of nitrogens with zero attached hydrogens (tertiary/aromatic N) is 2. The third-order valence-electron chi connectivity index (χ3n) is 4.72. The predicted octanol–water partition coefficient (Wildman–Crippen LogP) is 3.16. The molecule has 0 saturated carbocycles. The Hall–Kier alpha value is -2.34. The van der Waals surface area contributed by atoms with Crippen molar-refractivity contribution in [3.8, 4) is 0 Å². The third-order valence-corrected chi connectivity index (χ3v) is 4.72. The Kier molecular flexibility index (Phi) is 5.38. The van der Waals surface area contributed by atoms with Gasteiger partial charge in [0.1, 0.15) is 0 Å². The van der Waals surface area contributed by atoms with Crippen LogP contribution >= 0.6 is 0 Å². The Balaban J connectivity index is 1.65. The van der Waals surface area contributed by atoms with Crippen molar-refractivity contribution in [2.24, 2.45) is 0 Å². The van der Waals surface area contributed by atoms with E-state index < -0.39 is 0 Å². The van der Waals surface area contributed by atoms with Gasteiger partial charge in [-0.2, -0.15) is 5.10 Å². The zero-order valence-electron chi connectivity index (χ0n) is 15.1. The summed E-state index contributed by atoms with van der Waals surface area (Å²) in [5.74, 6) is 0. The molecule has 2 amide bonds. The normalized spacial score (nSPS) is 16.8. The monoisotopic (exact) mass is 342 g/mol. The van der Waals surface area contributed by atoms with E-state index in [0.717, 1.165) is 36.5 Å². The van der Waals surface area contributed by atoms with Gasteiger partial charge in [0.2, 0.25) is 0 Å². The summed E-state index contributed by atoms with van der Waals surface area (Å²) in [6.07, 6.45) is 2.21. The number of ether oxygens (including phenoxy) is 1. The van der Waals surface area contributed by atoms with E-state index >= 15 is 0 Å². The van der Waals surface area contributed by atoms with Gasteiger partial charge < -0.3 is 15.4 Å². The molecule has 1 fully saturated rings. The average Bonchev–Trinajstić information content (AvgIpc) is 3.19. The van der Waals surface area contributed by atoms with E-state index in [0.29, 0.717) is 13.1 Å². The number of hydrogen-bond donors (Lipinski definition) is 2. The molecule has 2 N–H and O–H groups in total.